The Morgan fingerprint density at radius 1 is 0.800 bits per heavy atom. The van der Waals surface area contributed by atoms with Crippen molar-refractivity contribution in [2.75, 3.05) is 16.6 Å². The van der Waals surface area contributed by atoms with Crippen LogP contribution < -0.4 is 27.4 Å². The van der Waals surface area contributed by atoms with E-state index in [1.807, 2.05) is 0 Å². The third-order valence-corrected chi connectivity index (χ3v) is 4.64. The number of anilines is 3. The van der Waals surface area contributed by atoms with Crippen LogP contribution in [0.3, 0.4) is 0 Å². The maximum absolute atomic E-state index is 12.3. The number of nitrogens with two attached hydrogens (primary N) is 1. The van der Waals surface area contributed by atoms with Gasteiger partial charge in [-0.3, -0.25) is 31.3 Å². The third kappa shape index (κ3) is 5.01. The summed E-state index contributed by atoms with van der Waals surface area (Å²) in [6.07, 6.45) is 1.18. The highest BCUT2D eigenvalue weighted by Gasteiger charge is 2.14. The van der Waals surface area contributed by atoms with E-state index in [-0.39, 0.29) is 33.5 Å². The summed E-state index contributed by atoms with van der Waals surface area (Å²) in [4.78, 5) is 32.4. The van der Waals surface area contributed by atoms with Crippen molar-refractivity contribution in [2.45, 2.75) is 0 Å². The summed E-state index contributed by atoms with van der Waals surface area (Å²) in [5.41, 5.74) is 16.5. The summed E-state index contributed by atoms with van der Waals surface area (Å²) in [6.45, 7) is 0. The Labute approximate surface area is 185 Å². The second kappa shape index (κ2) is 9.49. The van der Waals surface area contributed by atoms with Gasteiger partial charge < -0.3 is 5.73 Å². The van der Waals surface area contributed by atoms with Gasteiger partial charge in [-0.1, -0.05) is 46.9 Å². The summed E-state index contributed by atoms with van der Waals surface area (Å²) in [7, 11) is 0. The fourth-order valence-electron chi connectivity index (χ4n) is 2.28. The summed E-state index contributed by atoms with van der Waals surface area (Å²) >= 11 is 17.8. The summed E-state index contributed by atoms with van der Waals surface area (Å²) in [6, 6.07) is 11.0. The van der Waals surface area contributed by atoms with Crippen LogP contribution in [-0.4, -0.2) is 21.8 Å². The molecule has 2 aromatic carbocycles. The van der Waals surface area contributed by atoms with Crippen molar-refractivity contribution in [3.8, 4) is 0 Å². The first-order valence-corrected chi connectivity index (χ1v) is 9.43. The van der Waals surface area contributed by atoms with E-state index in [1.165, 1.54) is 24.5 Å². The van der Waals surface area contributed by atoms with Gasteiger partial charge in [-0.15, -0.1) is 0 Å². The number of nitrogens with one attached hydrogen (secondary N) is 4. The molecule has 0 aliphatic heterocycles. The maximum atomic E-state index is 12.3. The third-order valence-electron chi connectivity index (χ3n) is 3.77. The molecule has 6 N–H and O–H groups in total. The molecule has 3 aromatic rings. The van der Waals surface area contributed by atoms with Gasteiger partial charge >= 0.3 is 0 Å². The summed E-state index contributed by atoms with van der Waals surface area (Å²) < 4.78 is 0. The van der Waals surface area contributed by atoms with Crippen LogP contribution in [0, 0.1) is 0 Å². The zero-order chi connectivity index (χ0) is 21.7. The Morgan fingerprint density at radius 3 is 1.93 bits per heavy atom. The second-order valence-corrected chi connectivity index (χ2v) is 7.00. The molecule has 1 aromatic heterocycles. The highest BCUT2D eigenvalue weighted by Crippen LogP contribution is 2.23. The second-order valence-electron chi connectivity index (χ2n) is 5.75. The lowest BCUT2D eigenvalue weighted by Gasteiger charge is -2.14. The number of carbonyl (C=O) groups excluding carboxylic acids is 2. The molecule has 1 heterocycles. The Bertz CT molecular complexity index is 1110. The van der Waals surface area contributed by atoms with Gasteiger partial charge in [-0.2, -0.15) is 0 Å². The first kappa shape index (κ1) is 21.4. The molecule has 3 rings (SSSR count). The number of aromatic nitrogens is 2. The Morgan fingerprint density at radius 2 is 1.37 bits per heavy atom. The molecule has 154 valence electrons. The van der Waals surface area contributed by atoms with Gasteiger partial charge in [-0.25, -0.2) is 9.97 Å². The largest absolute Gasteiger partial charge is 0.393 e. The zero-order valence-electron chi connectivity index (χ0n) is 15.0. The van der Waals surface area contributed by atoms with Crippen molar-refractivity contribution >= 4 is 63.9 Å². The molecule has 2 amide bonds. The van der Waals surface area contributed by atoms with E-state index >= 15 is 0 Å². The number of benzene rings is 2. The number of hydrazine groups is 2. The quantitative estimate of drug-likeness (QED) is 0.351. The minimum absolute atomic E-state index is 0.0412. The van der Waals surface area contributed by atoms with E-state index in [1.54, 1.807) is 24.3 Å². The van der Waals surface area contributed by atoms with Crippen LogP contribution in [0.25, 0.3) is 0 Å². The van der Waals surface area contributed by atoms with E-state index in [9.17, 15) is 9.59 Å². The average molecular weight is 467 g/mol. The molecular weight excluding hydrogens is 453 g/mol. The van der Waals surface area contributed by atoms with Crippen molar-refractivity contribution in [3.63, 3.8) is 0 Å². The molecule has 0 unspecified atom stereocenters. The number of nitrogen functional groups attached to an aromatic ring is 1. The fourth-order valence-corrected chi connectivity index (χ4v) is 3.00. The van der Waals surface area contributed by atoms with E-state index in [4.69, 9.17) is 40.5 Å². The first-order valence-electron chi connectivity index (χ1n) is 8.29. The van der Waals surface area contributed by atoms with Gasteiger partial charge in [-0.05, 0) is 30.3 Å². The summed E-state index contributed by atoms with van der Waals surface area (Å²) in [5, 5.41) is 0.875. The molecule has 0 bridgehead atoms. The van der Waals surface area contributed by atoms with Crippen molar-refractivity contribution in [2.24, 2.45) is 0 Å². The monoisotopic (exact) mass is 465 g/mol. The van der Waals surface area contributed by atoms with Gasteiger partial charge in [0, 0.05) is 5.02 Å². The topological polar surface area (TPSA) is 134 Å². The van der Waals surface area contributed by atoms with Gasteiger partial charge in [0.1, 0.15) is 12.0 Å². The number of halogens is 3. The highest BCUT2D eigenvalue weighted by atomic mass is 35.5. The lowest BCUT2D eigenvalue weighted by Crippen LogP contribution is -2.32. The normalized spacial score (nSPS) is 10.2. The molecule has 12 heteroatoms. The zero-order valence-corrected chi connectivity index (χ0v) is 17.3. The van der Waals surface area contributed by atoms with E-state index in [2.05, 4.69) is 31.7 Å². The predicted molar refractivity (Wildman–Crippen MR) is 117 cm³/mol. The first-order chi connectivity index (χ1) is 14.4. The summed E-state index contributed by atoms with van der Waals surface area (Å²) in [5.74, 6) is -0.820. The minimum Gasteiger partial charge on any atom is -0.393 e. The standard InChI is InChI=1S/C18H14Cl3N7O2/c19-9-5-6-11(13(21)7-9)18(30)28-26-16-14(22)15(23-8-24-16)25-27-17(29)10-3-1-2-4-12(10)20/h1-8H,22H2,(H,27,29)(H,28,30)(H2,23,24,25,26). The van der Waals surface area contributed by atoms with Crippen LogP contribution in [0.4, 0.5) is 17.3 Å². The Balaban J connectivity index is 1.65. The van der Waals surface area contributed by atoms with Crippen molar-refractivity contribution in [1.82, 2.24) is 20.8 Å². The number of nitrogens with zero attached hydrogens (tertiary/aromatic N) is 2. The Kier molecular flexibility index (Phi) is 6.78. The van der Waals surface area contributed by atoms with Crippen molar-refractivity contribution in [3.05, 3.63) is 75.0 Å². The molecule has 0 atom stereocenters. The maximum Gasteiger partial charge on any atom is 0.271 e. The van der Waals surface area contributed by atoms with Crippen LogP contribution in [0.5, 0.6) is 0 Å². The highest BCUT2D eigenvalue weighted by molar-refractivity contribution is 6.36. The van der Waals surface area contributed by atoms with Gasteiger partial charge in [0.05, 0.1) is 21.2 Å². The number of hydrogen-bond acceptors (Lipinski definition) is 7. The number of rotatable bonds is 6. The van der Waals surface area contributed by atoms with Crippen LogP contribution in [0.15, 0.2) is 48.8 Å². The molecule has 0 radical (unpaired) electrons. The lowest BCUT2D eigenvalue weighted by atomic mass is 10.2. The van der Waals surface area contributed by atoms with Gasteiger partial charge in [0.15, 0.2) is 11.6 Å². The van der Waals surface area contributed by atoms with Crippen LogP contribution in [-0.2, 0) is 0 Å². The molecule has 30 heavy (non-hydrogen) atoms. The Hall–Kier alpha value is -3.27. The molecule has 0 aliphatic carbocycles. The van der Waals surface area contributed by atoms with Gasteiger partial charge in [0.25, 0.3) is 11.8 Å². The number of carbonyl (C=O) groups is 2. The number of hydrogen-bond donors (Lipinski definition) is 5. The molecule has 0 aliphatic rings. The molecule has 0 saturated heterocycles. The lowest BCUT2D eigenvalue weighted by molar-refractivity contribution is 0.0954. The van der Waals surface area contributed by atoms with E-state index in [0.29, 0.717) is 10.0 Å². The van der Waals surface area contributed by atoms with Crippen molar-refractivity contribution < 1.29 is 9.59 Å². The van der Waals surface area contributed by atoms with Crippen LogP contribution in [0.2, 0.25) is 15.1 Å². The fraction of sp³-hybridized carbons (Fsp3) is 0. The van der Waals surface area contributed by atoms with Crippen LogP contribution >= 0.6 is 34.8 Å². The van der Waals surface area contributed by atoms with E-state index < -0.39 is 11.8 Å². The van der Waals surface area contributed by atoms with Crippen LogP contribution in [0.1, 0.15) is 20.7 Å². The van der Waals surface area contributed by atoms with E-state index in [0.717, 1.165) is 0 Å². The smallest absolute Gasteiger partial charge is 0.271 e. The molecule has 9 nitrogen and oxygen atoms in total. The molecule has 0 fully saturated rings. The molecule has 0 saturated carbocycles. The average Bonchev–Trinajstić information content (AvgIpc) is 2.72. The molecule has 0 spiro atoms. The SMILES string of the molecule is Nc1c(NNC(=O)c2ccccc2Cl)ncnc1NNC(=O)c1ccc(Cl)cc1Cl. The number of amides is 2. The minimum atomic E-state index is -0.531. The molecular formula is C18H14Cl3N7O2. The predicted octanol–water partition coefficient (Wildman–Crippen LogP) is 3.53. The van der Waals surface area contributed by atoms with Gasteiger partial charge in [0.2, 0.25) is 0 Å². The van der Waals surface area contributed by atoms with Crippen molar-refractivity contribution in [1.29, 1.82) is 0 Å².